The first kappa shape index (κ1) is 16.0. The van der Waals surface area contributed by atoms with E-state index in [2.05, 4.69) is 21.7 Å². The molecule has 0 unspecified atom stereocenters. The van der Waals surface area contributed by atoms with Gasteiger partial charge in [0.25, 0.3) is 0 Å². The van der Waals surface area contributed by atoms with Gasteiger partial charge in [-0.1, -0.05) is 6.92 Å². The molecule has 0 bridgehead atoms. The van der Waals surface area contributed by atoms with Crippen LogP contribution in [0, 0.1) is 6.92 Å². The Hall–Kier alpha value is -1.40. The smallest absolute Gasteiger partial charge is 0.137 e. The Morgan fingerprint density at radius 2 is 2.00 bits per heavy atom. The van der Waals surface area contributed by atoms with Crippen LogP contribution in [0.1, 0.15) is 31.2 Å². The molecule has 1 fully saturated rings. The average molecular weight is 293 g/mol. The molecule has 2 rings (SSSR count). The van der Waals surface area contributed by atoms with Gasteiger partial charge in [-0.15, -0.1) is 0 Å². The van der Waals surface area contributed by atoms with E-state index in [-0.39, 0.29) is 6.61 Å². The third-order valence-corrected chi connectivity index (χ3v) is 3.98. The Labute approximate surface area is 127 Å². The van der Waals surface area contributed by atoms with E-state index in [4.69, 9.17) is 15.8 Å². The van der Waals surface area contributed by atoms with Crippen LogP contribution in [0.5, 0.6) is 0 Å². The molecule has 0 amide bonds. The predicted octanol–water partition coefficient (Wildman–Crippen LogP) is 0.824. The van der Waals surface area contributed by atoms with Crippen LogP contribution in [-0.4, -0.2) is 59.3 Å². The molecular formula is C15H27N5O. The molecule has 0 aliphatic carbocycles. The summed E-state index contributed by atoms with van der Waals surface area (Å²) in [7, 11) is 0. The summed E-state index contributed by atoms with van der Waals surface area (Å²) in [5.74, 6) is 2.42. The maximum atomic E-state index is 9.08. The Bertz CT molecular complexity index is 466. The van der Waals surface area contributed by atoms with E-state index >= 15 is 0 Å². The molecule has 1 saturated heterocycles. The van der Waals surface area contributed by atoms with E-state index in [1.54, 1.807) is 0 Å². The van der Waals surface area contributed by atoms with Gasteiger partial charge in [-0.05, 0) is 26.3 Å². The van der Waals surface area contributed by atoms with Gasteiger partial charge < -0.3 is 15.7 Å². The van der Waals surface area contributed by atoms with Gasteiger partial charge >= 0.3 is 0 Å². The minimum Gasteiger partial charge on any atom is -0.395 e. The number of aliphatic hydroxyl groups excluding tert-OH is 1. The molecule has 3 N–H and O–H groups in total. The lowest BCUT2D eigenvalue weighted by atomic mass is 10.2. The van der Waals surface area contributed by atoms with Crippen molar-refractivity contribution in [3.05, 3.63) is 11.4 Å². The summed E-state index contributed by atoms with van der Waals surface area (Å²) in [4.78, 5) is 13.7. The number of rotatable bonds is 5. The third-order valence-electron chi connectivity index (χ3n) is 3.98. The molecule has 1 aliphatic rings. The number of anilines is 2. The zero-order chi connectivity index (χ0) is 15.2. The van der Waals surface area contributed by atoms with Gasteiger partial charge in [-0.2, -0.15) is 0 Å². The highest BCUT2D eigenvalue weighted by Crippen LogP contribution is 2.23. The molecule has 6 nitrogen and oxygen atoms in total. The van der Waals surface area contributed by atoms with Crippen LogP contribution in [0.15, 0.2) is 0 Å². The Morgan fingerprint density at radius 3 is 2.71 bits per heavy atom. The van der Waals surface area contributed by atoms with Gasteiger partial charge in [0.15, 0.2) is 0 Å². The van der Waals surface area contributed by atoms with E-state index < -0.39 is 0 Å². The minimum absolute atomic E-state index is 0.222. The summed E-state index contributed by atoms with van der Waals surface area (Å²) in [6.45, 7) is 8.97. The van der Waals surface area contributed by atoms with E-state index in [1.807, 2.05) is 6.92 Å². The predicted molar refractivity (Wildman–Crippen MR) is 85.5 cm³/mol. The van der Waals surface area contributed by atoms with Gasteiger partial charge in [0, 0.05) is 38.2 Å². The monoisotopic (exact) mass is 293 g/mol. The fourth-order valence-electron chi connectivity index (χ4n) is 2.76. The van der Waals surface area contributed by atoms with Crippen LogP contribution in [0.25, 0.3) is 0 Å². The fraction of sp³-hybridized carbons (Fsp3) is 0.733. The summed E-state index contributed by atoms with van der Waals surface area (Å²) >= 11 is 0. The Morgan fingerprint density at radius 1 is 1.19 bits per heavy atom. The fourth-order valence-corrected chi connectivity index (χ4v) is 2.76. The molecule has 0 atom stereocenters. The number of aromatic nitrogens is 2. The standard InChI is InChI=1S/C15H27N5O/c1-3-5-13-17-14(16)12(2)15(18-13)20-7-4-6-19(8-9-20)10-11-21/h21H,3-11H2,1-2H3,(H2,16,17,18). The third kappa shape index (κ3) is 4.04. The van der Waals surface area contributed by atoms with Gasteiger partial charge in [0.1, 0.15) is 17.5 Å². The normalized spacial score (nSPS) is 17.0. The van der Waals surface area contributed by atoms with Gasteiger partial charge in [-0.3, -0.25) is 4.90 Å². The van der Waals surface area contributed by atoms with Crippen molar-refractivity contribution in [2.24, 2.45) is 0 Å². The molecule has 6 heteroatoms. The molecule has 0 saturated carbocycles. The van der Waals surface area contributed by atoms with E-state index in [0.29, 0.717) is 5.82 Å². The first-order valence-electron chi connectivity index (χ1n) is 7.86. The summed E-state index contributed by atoms with van der Waals surface area (Å²) in [6, 6.07) is 0. The molecule has 1 aromatic rings. The van der Waals surface area contributed by atoms with Crippen molar-refractivity contribution in [3.8, 4) is 0 Å². The summed E-state index contributed by atoms with van der Waals surface area (Å²) in [5.41, 5.74) is 7.03. The van der Waals surface area contributed by atoms with Crippen molar-refractivity contribution in [3.63, 3.8) is 0 Å². The number of nitrogens with zero attached hydrogens (tertiary/aromatic N) is 4. The maximum absolute atomic E-state index is 9.08. The first-order chi connectivity index (χ1) is 10.2. The first-order valence-corrected chi connectivity index (χ1v) is 7.86. The van der Waals surface area contributed by atoms with Crippen molar-refractivity contribution >= 4 is 11.6 Å². The lowest BCUT2D eigenvalue weighted by Crippen LogP contribution is -2.33. The molecule has 0 spiro atoms. The molecule has 21 heavy (non-hydrogen) atoms. The summed E-state index contributed by atoms with van der Waals surface area (Å²) in [6.07, 6.45) is 2.96. The highest BCUT2D eigenvalue weighted by atomic mass is 16.3. The van der Waals surface area contributed by atoms with E-state index in [0.717, 1.165) is 69.2 Å². The Balaban J connectivity index is 2.16. The zero-order valence-electron chi connectivity index (χ0n) is 13.2. The number of aliphatic hydroxyl groups is 1. The number of hydrogen-bond acceptors (Lipinski definition) is 6. The van der Waals surface area contributed by atoms with Crippen LogP contribution in [0.3, 0.4) is 0 Å². The minimum atomic E-state index is 0.222. The summed E-state index contributed by atoms with van der Waals surface area (Å²) < 4.78 is 0. The lowest BCUT2D eigenvalue weighted by molar-refractivity contribution is 0.204. The summed E-state index contributed by atoms with van der Waals surface area (Å²) in [5, 5.41) is 9.08. The van der Waals surface area contributed by atoms with Crippen LogP contribution < -0.4 is 10.6 Å². The number of hydrogen-bond donors (Lipinski definition) is 2. The average Bonchev–Trinajstić information content (AvgIpc) is 2.69. The van der Waals surface area contributed by atoms with Crippen molar-refractivity contribution in [1.82, 2.24) is 14.9 Å². The van der Waals surface area contributed by atoms with E-state index in [1.165, 1.54) is 0 Å². The molecule has 1 aliphatic heterocycles. The van der Waals surface area contributed by atoms with Gasteiger partial charge in [-0.25, -0.2) is 9.97 Å². The Kier molecular flexibility index (Phi) is 5.76. The van der Waals surface area contributed by atoms with Crippen LogP contribution in [0.2, 0.25) is 0 Å². The van der Waals surface area contributed by atoms with Crippen LogP contribution in [0.4, 0.5) is 11.6 Å². The topological polar surface area (TPSA) is 78.5 Å². The highest BCUT2D eigenvalue weighted by Gasteiger charge is 2.19. The number of nitrogens with two attached hydrogens (primary N) is 1. The van der Waals surface area contributed by atoms with Crippen molar-refractivity contribution in [1.29, 1.82) is 0 Å². The molecular weight excluding hydrogens is 266 g/mol. The zero-order valence-corrected chi connectivity index (χ0v) is 13.2. The maximum Gasteiger partial charge on any atom is 0.137 e. The molecule has 2 heterocycles. The quantitative estimate of drug-likeness (QED) is 0.837. The molecule has 0 radical (unpaired) electrons. The van der Waals surface area contributed by atoms with Crippen LogP contribution >= 0.6 is 0 Å². The second-order valence-corrected chi connectivity index (χ2v) is 5.63. The van der Waals surface area contributed by atoms with E-state index in [9.17, 15) is 0 Å². The second-order valence-electron chi connectivity index (χ2n) is 5.63. The molecule has 118 valence electrons. The van der Waals surface area contributed by atoms with Crippen molar-refractivity contribution in [2.75, 3.05) is 50.0 Å². The molecule has 1 aromatic heterocycles. The molecule has 0 aromatic carbocycles. The van der Waals surface area contributed by atoms with Gasteiger partial charge in [0.05, 0.1) is 6.61 Å². The SMILES string of the molecule is CCCc1nc(N)c(C)c(N2CCCN(CCO)CC2)n1. The van der Waals surface area contributed by atoms with Crippen molar-refractivity contribution < 1.29 is 5.11 Å². The largest absolute Gasteiger partial charge is 0.395 e. The lowest BCUT2D eigenvalue weighted by Gasteiger charge is -2.24. The van der Waals surface area contributed by atoms with Crippen LogP contribution in [-0.2, 0) is 6.42 Å². The number of aryl methyl sites for hydroxylation is 1. The van der Waals surface area contributed by atoms with Gasteiger partial charge in [0.2, 0.25) is 0 Å². The van der Waals surface area contributed by atoms with Crippen molar-refractivity contribution in [2.45, 2.75) is 33.1 Å². The second kappa shape index (κ2) is 7.56. The highest BCUT2D eigenvalue weighted by molar-refractivity contribution is 5.56. The number of nitrogen functional groups attached to an aromatic ring is 1. The number of β-amino-alcohol motifs (C(OH)–C–C–N with tert-alkyl or cyclic N) is 1.